The Morgan fingerprint density at radius 1 is 0.340 bits per heavy atom. The Balaban J connectivity index is 0.000000162. The fraction of sp³-hybridized carbons (Fsp3) is 0.0196. The third kappa shape index (κ3) is 4.52. The highest BCUT2D eigenvalue weighted by molar-refractivity contribution is 7.80. The van der Waals surface area contributed by atoms with Crippen LogP contribution in [-0.2, 0) is 0 Å². The summed E-state index contributed by atoms with van der Waals surface area (Å²) >= 11 is 4.83. The van der Waals surface area contributed by atoms with Crippen LogP contribution in [0.1, 0.15) is 5.56 Å². The van der Waals surface area contributed by atoms with E-state index >= 15 is 0 Å². The maximum Gasteiger partial charge on any atom is 0.136 e. The predicted octanol–water partition coefficient (Wildman–Crippen LogP) is 14.8. The minimum atomic E-state index is 0.898. The Morgan fingerprint density at radius 2 is 0.830 bits per heavy atom. The summed E-state index contributed by atoms with van der Waals surface area (Å²) < 4.78 is 6.17. The van der Waals surface area contributed by atoms with Crippen LogP contribution in [0.4, 0.5) is 0 Å². The average Bonchev–Trinajstić information content (AvgIpc) is 3.86. The Bertz CT molecular complexity index is 3090. The van der Waals surface area contributed by atoms with E-state index in [1.165, 1.54) is 82.7 Å². The molecule has 0 bridgehead atoms. The number of thiol groups is 1. The van der Waals surface area contributed by atoms with Gasteiger partial charge in [-0.05, 0) is 131 Å². The van der Waals surface area contributed by atoms with Gasteiger partial charge in [0.2, 0.25) is 0 Å². The number of para-hydroxylation sites is 1. The summed E-state index contributed by atoms with van der Waals surface area (Å²) in [5.41, 5.74) is 18.6. The second-order valence-electron chi connectivity index (χ2n) is 14.2. The van der Waals surface area contributed by atoms with Crippen molar-refractivity contribution in [1.29, 1.82) is 0 Å². The van der Waals surface area contributed by atoms with Crippen LogP contribution in [0, 0.1) is 6.92 Å². The van der Waals surface area contributed by atoms with E-state index < -0.39 is 0 Å². The van der Waals surface area contributed by atoms with E-state index in [1.54, 1.807) is 0 Å². The minimum Gasteiger partial charge on any atom is -0.456 e. The van der Waals surface area contributed by atoms with Crippen LogP contribution in [0.2, 0.25) is 0 Å². The molecule has 0 radical (unpaired) electrons. The van der Waals surface area contributed by atoms with Crippen molar-refractivity contribution in [3.05, 3.63) is 175 Å². The van der Waals surface area contributed by atoms with Crippen molar-refractivity contribution in [2.75, 3.05) is 0 Å². The van der Waals surface area contributed by atoms with Gasteiger partial charge in [0, 0.05) is 15.7 Å². The molecule has 1 heterocycles. The van der Waals surface area contributed by atoms with E-state index in [-0.39, 0.29) is 0 Å². The summed E-state index contributed by atoms with van der Waals surface area (Å²) in [6, 6.07) is 60.9. The minimum absolute atomic E-state index is 0.898. The van der Waals surface area contributed by atoms with Crippen LogP contribution in [0.15, 0.2) is 179 Å². The summed E-state index contributed by atoms with van der Waals surface area (Å²) in [4.78, 5) is 0.951. The smallest absolute Gasteiger partial charge is 0.136 e. The van der Waals surface area contributed by atoms with E-state index in [0.29, 0.717) is 0 Å². The van der Waals surface area contributed by atoms with E-state index in [1.807, 2.05) is 12.1 Å². The summed E-state index contributed by atoms with van der Waals surface area (Å²) in [6.07, 6.45) is 0. The van der Waals surface area contributed by atoms with Gasteiger partial charge < -0.3 is 4.42 Å². The molecule has 0 amide bonds. The van der Waals surface area contributed by atoms with Crippen LogP contribution in [0.3, 0.4) is 0 Å². The molecule has 0 saturated heterocycles. The molecular formula is C51H32OS. The molecule has 12 rings (SSSR count). The van der Waals surface area contributed by atoms with Crippen LogP contribution in [-0.4, -0.2) is 0 Å². The first kappa shape index (κ1) is 30.3. The van der Waals surface area contributed by atoms with E-state index in [2.05, 4.69) is 165 Å². The molecule has 10 aromatic rings. The fourth-order valence-electron chi connectivity index (χ4n) is 8.84. The standard InChI is InChI=1S/C34H20OS.C17H12/c36-33-17-13-20(18-30(33)21-12-14-26-25-8-3-4-11-31(25)35-32(26)19-21)22-15-16-29-24-7-2-1-6-23(24)28-10-5-9-27(22)34(28)29;1-11-9-10-16-14-6-3-2-5-13(14)15-8-4-7-12(11)17(15)16/h1-19,36H;2-10H,1H3. The summed E-state index contributed by atoms with van der Waals surface area (Å²) in [7, 11) is 0. The second kappa shape index (κ2) is 11.6. The first-order valence-electron chi connectivity index (χ1n) is 18.1. The van der Waals surface area contributed by atoms with Crippen LogP contribution in [0.5, 0.6) is 0 Å². The molecule has 0 N–H and O–H groups in total. The van der Waals surface area contributed by atoms with Crippen LogP contribution in [0.25, 0.3) is 110 Å². The molecule has 0 unspecified atom stereocenters. The van der Waals surface area contributed by atoms with Crippen molar-refractivity contribution in [3.63, 3.8) is 0 Å². The van der Waals surface area contributed by atoms with Crippen molar-refractivity contribution in [1.82, 2.24) is 0 Å². The number of benzene rings is 9. The zero-order chi connectivity index (χ0) is 35.2. The quantitative estimate of drug-likeness (QED) is 0.178. The number of aryl methyl sites for hydroxylation is 1. The topological polar surface area (TPSA) is 13.1 Å². The predicted molar refractivity (Wildman–Crippen MR) is 227 cm³/mol. The van der Waals surface area contributed by atoms with Gasteiger partial charge in [-0.15, -0.1) is 12.6 Å². The Labute approximate surface area is 313 Å². The molecule has 53 heavy (non-hydrogen) atoms. The van der Waals surface area contributed by atoms with E-state index in [9.17, 15) is 0 Å². The van der Waals surface area contributed by atoms with Gasteiger partial charge in [-0.1, -0.05) is 140 Å². The zero-order valence-electron chi connectivity index (χ0n) is 29.0. The first-order chi connectivity index (χ1) is 26.1. The van der Waals surface area contributed by atoms with Gasteiger partial charge in [0.15, 0.2) is 0 Å². The third-order valence-corrected chi connectivity index (χ3v) is 11.7. The molecule has 2 aliphatic carbocycles. The molecule has 1 aromatic heterocycles. The first-order valence-corrected chi connectivity index (χ1v) is 18.6. The molecule has 0 fully saturated rings. The molecule has 1 nitrogen and oxygen atoms in total. The molecule has 0 saturated carbocycles. The molecule has 0 spiro atoms. The van der Waals surface area contributed by atoms with Gasteiger partial charge in [-0.3, -0.25) is 0 Å². The molecule has 9 aromatic carbocycles. The van der Waals surface area contributed by atoms with Gasteiger partial charge in [-0.2, -0.15) is 0 Å². The summed E-state index contributed by atoms with van der Waals surface area (Å²) in [5, 5.41) is 7.72. The van der Waals surface area contributed by atoms with Gasteiger partial charge in [-0.25, -0.2) is 0 Å². The zero-order valence-corrected chi connectivity index (χ0v) is 29.9. The molecule has 2 aliphatic rings. The maximum atomic E-state index is 6.17. The van der Waals surface area contributed by atoms with Crippen LogP contribution >= 0.6 is 12.6 Å². The van der Waals surface area contributed by atoms with Gasteiger partial charge >= 0.3 is 0 Å². The largest absolute Gasteiger partial charge is 0.456 e. The summed E-state index contributed by atoms with van der Waals surface area (Å²) in [5.74, 6) is 0. The normalized spacial score (nSPS) is 12.0. The number of hydrogen-bond acceptors (Lipinski definition) is 2. The lowest BCUT2D eigenvalue weighted by Gasteiger charge is -2.13. The molecule has 248 valence electrons. The van der Waals surface area contributed by atoms with Gasteiger partial charge in [0.1, 0.15) is 11.2 Å². The number of fused-ring (bicyclic) bond motifs is 9. The monoisotopic (exact) mass is 692 g/mol. The Hall–Kier alpha value is -6.35. The van der Waals surface area contributed by atoms with Gasteiger partial charge in [0.05, 0.1) is 0 Å². The van der Waals surface area contributed by atoms with E-state index in [4.69, 9.17) is 17.0 Å². The SMILES string of the molecule is Cc1ccc2c3c(cccc13)-c1ccccc1-2.Sc1ccc(-c2ccc3c4c(cccc24)-c2ccccc2-3)cc1-c1ccc2c(c1)oc1ccccc12. The molecule has 0 aliphatic heterocycles. The lowest BCUT2D eigenvalue weighted by Crippen LogP contribution is -1.86. The van der Waals surface area contributed by atoms with Crippen molar-refractivity contribution < 1.29 is 4.42 Å². The fourth-order valence-corrected chi connectivity index (χ4v) is 9.11. The number of rotatable bonds is 2. The van der Waals surface area contributed by atoms with Crippen molar-refractivity contribution in [2.24, 2.45) is 0 Å². The van der Waals surface area contributed by atoms with Crippen molar-refractivity contribution in [3.8, 4) is 66.8 Å². The number of hydrogen-bond donors (Lipinski definition) is 1. The molecule has 2 heteroatoms. The highest BCUT2D eigenvalue weighted by atomic mass is 32.1. The Kier molecular flexibility index (Phi) is 6.62. The highest BCUT2D eigenvalue weighted by Crippen LogP contribution is 2.50. The third-order valence-electron chi connectivity index (χ3n) is 11.3. The molecular weight excluding hydrogens is 661 g/mol. The lowest BCUT2D eigenvalue weighted by molar-refractivity contribution is 0.669. The van der Waals surface area contributed by atoms with Crippen molar-refractivity contribution in [2.45, 2.75) is 11.8 Å². The van der Waals surface area contributed by atoms with E-state index in [0.717, 1.165) is 38.0 Å². The number of furan rings is 1. The maximum absolute atomic E-state index is 6.17. The Morgan fingerprint density at radius 3 is 1.55 bits per heavy atom. The molecule has 0 atom stereocenters. The average molecular weight is 693 g/mol. The lowest BCUT2D eigenvalue weighted by atomic mass is 9.92. The second-order valence-corrected chi connectivity index (χ2v) is 14.7. The highest BCUT2D eigenvalue weighted by Gasteiger charge is 2.23. The summed E-state index contributed by atoms with van der Waals surface area (Å²) in [6.45, 7) is 2.19. The van der Waals surface area contributed by atoms with Crippen molar-refractivity contribution >= 4 is 56.1 Å². The van der Waals surface area contributed by atoms with Gasteiger partial charge in [0.25, 0.3) is 0 Å². The van der Waals surface area contributed by atoms with Crippen LogP contribution < -0.4 is 0 Å².